The van der Waals surface area contributed by atoms with Gasteiger partial charge in [0.15, 0.2) is 0 Å². The molecule has 164 valence electrons. The van der Waals surface area contributed by atoms with E-state index in [-0.39, 0.29) is 38.1 Å². The van der Waals surface area contributed by atoms with E-state index in [0.29, 0.717) is 0 Å². The largest absolute Gasteiger partial charge is 0.480 e. The summed E-state index contributed by atoms with van der Waals surface area (Å²) in [5, 5.41) is 27.4. The van der Waals surface area contributed by atoms with Crippen molar-refractivity contribution in [1.82, 2.24) is 10.6 Å². The molecular formula is C20H29N5O5. The maximum Gasteiger partial charge on any atom is 0.326 e. The standard InChI is InChI=1S/C20H29N5O5/c1-13(2)10-17(20(29)30)24-19(28)16(11-14-6-4-3-5-7-14)23-18(27)9-8-15(26)12-22-25-21/h3-7,13,15-17,26H,8-12H2,1-2H3,(H,23,27)(H,24,28)(H,29,30)/t15-,16+,17+/m1/s1. The summed E-state index contributed by atoms with van der Waals surface area (Å²) in [5.74, 6) is -2.13. The first kappa shape index (κ1) is 24.9. The zero-order valence-corrected chi connectivity index (χ0v) is 17.2. The van der Waals surface area contributed by atoms with E-state index >= 15 is 0 Å². The first-order valence-electron chi connectivity index (χ1n) is 9.78. The molecule has 0 bridgehead atoms. The number of aliphatic carboxylic acids is 1. The van der Waals surface area contributed by atoms with Gasteiger partial charge in [0.2, 0.25) is 11.8 Å². The molecule has 10 heteroatoms. The Balaban J connectivity index is 2.82. The third-order valence-electron chi connectivity index (χ3n) is 4.32. The number of aliphatic hydroxyl groups excluding tert-OH is 1. The number of nitrogens with one attached hydrogen (secondary N) is 2. The summed E-state index contributed by atoms with van der Waals surface area (Å²) >= 11 is 0. The summed E-state index contributed by atoms with van der Waals surface area (Å²) in [6.45, 7) is 3.56. The highest BCUT2D eigenvalue weighted by Gasteiger charge is 2.27. The maximum absolute atomic E-state index is 12.8. The van der Waals surface area contributed by atoms with Crippen molar-refractivity contribution in [2.45, 2.75) is 57.7 Å². The van der Waals surface area contributed by atoms with Crippen molar-refractivity contribution in [2.75, 3.05) is 6.54 Å². The van der Waals surface area contributed by atoms with Gasteiger partial charge in [0, 0.05) is 17.8 Å². The van der Waals surface area contributed by atoms with Crippen LogP contribution in [0.2, 0.25) is 0 Å². The Kier molecular flexibility index (Phi) is 11.0. The number of amides is 2. The molecule has 30 heavy (non-hydrogen) atoms. The van der Waals surface area contributed by atoms with Crippen LogP contribution in [0.4, 0.5) is 0 Å². The van der Waals surface area contributed by atoms with E-state index < -0.39 is 36.0 Å². The molecule has 3 atom stereocenters. The third-order valence-corrected chi connectivity index (χ3v) is 4.32. The van der Waals surface area contributed by atoms with Gasteiger partial charge in [0.1, 0.15) is 12.1 Å². The number of carboxylic acid groups (broad SMARTS) is 1. The van der Waals surface area contributed by atoms with Crippen molar-refractivity contribution in [2.24, 2.45) is 11.0 Å². The van der Waals surface area contributed by atoms with Crippen molar-refractivity contribution < 1.29 is 24.6 Å². The van der Waals surface area contributed by atoms with Crippen LogP contribution in [0.15, 0.2) is 35.4 Å². The molecule has 0 heterocycles. The molecule has 0 radical (unpaired) electrons. The summed E-state index contributed by atoms with van der Waals surface area (Å²) in [5.41, 5.74) is 9.06. The Morgan fingerprint density at radius 3 is 2.37 bits per heavy atom. The van der Waals surface area contributed by atoms with Gasteiger partial charge in [-0.2, -0.15) is 0 Å². The average Bonchev–Trinajstić information content (AvgIpc) is 2.70. The average molecular weight is 419 g/mol. The molecule has 2 amide bonds. The Morgan fingerprint density at radius 1 is 1.13 bits per heavy atom. The number of azide groups is 1. The molecule has 0 saturated carbocycles. The van der Waals surface area contributed by atoms with Crippen LogP contribution in [-0.4, -0.2) is 52.7 Å². The van der Waals surface area contributed by atoms with Gasteiger partial charge >= 0.3 is 5.97 Å². The summed E-state index contributed by atoms with van der Waals surface area (Å²) in [6.07, 6.45) is -0.521. The number of carbonyl (C=O) groups is 3. The predicted molar refractivity (Wildman–Crippen MR) is 110 cm³/mol. The zero-order chi connectivity index (χ0) is 22.5. The fourth-order valence-corrected chi connectivity index (χ4v) is 2.81. The molecular weight excluding hydrogens is 390 g/mol. The Hall–Kier alpha value is -3.10. The van der Waals surface area contributed by atoms with Gasteiger partial charge in [-0.05, 0) is 29.9 Å². The minimum Gasteiger partial charge on any atom is -0.480 e. The number of carbonyl (C=O) groups excluding carboxylic acids is 2. The van der Waals surface area contributed by atoms with Gasteiger partial charge in [-0.3, -0.25) is 9.59 Å². The van der Waals surface area contributed by atoms with Gasteiger partial charge in [-0.15, -0.1) is 0 Å². The monoisotopic (exact) mass is 419 g/mol. The smallest absolute Gasteiger partial charge is 0.326 e. The van der Waals surface area contributed by atoms with E-state index in [9.17, 15) is 24.6 Å². The van der Waals surface area contributed by atoms with Crippen LogP contribution in [0, 0.1) is 5.92 Å². The molecule has 0 saturated heterocycles. The van der Waals surface area contributed by atoms with Crippen LogP contribution >= 0.6 is 0 Å². The lowest BCUT2D eigenvalue weighted by atomic mass is 10.0. The zero-order valence-electron chi connectivity index (χ0n) is 17.2. The van der Waals surface area contributed by atoms with Crippen LogP contribution in [0.3, 0.4) is 0 Å². The molecule has 0 unspecified atom stereocenters. The lowest BCUT2D eigenvalue weighted by Gasteiger charge is -2.22. The molecule has 0 spiro atoms. The van der Waals surface area contributed by atoms with E-state index in [1.807, 2.05) is 19.9 Å². The van der Waals surface area contributed by atoms with E-state index in [1.54, 1.807) is 24.3 Å². The van der Waals surface area contributed by atoms with Crippen molar-refractivity contribution in [3.05, 3.63) is 46.3 Å². The number of benzene rings is 1. The van der Waals surface area contributed by atoms with Crippen LogP contribution in [-0.2, 0) is 20.8 Å². The van der Waals surface area contributed by atoms with Crippen molar-refractivity contribution in [1.29, 1.82) is 0 Å². The van der Waals surface area contributed by atoms with Gasteiger partial charge in [-0.1, -0.05) is 49.3 Å². The number of rotatable bonds is 13. The fraction of sp³-hybridized carbons (Fsp3) is 0.550. The minimum atomic E-state index is -1.14. The second-order valence-corrected chi connectivity index (χ2v) is 7.44. The number of hydrogen-bond acceptors (Lipinski definition) is 5. The molecule has 0 aliphatic rings. The number of aliphatic hydroxyl groups is 1. The summed E-state index contributed by atoms with van der Waals surface area (Å²) < 4.78 is 0. The first-order valence-corrected chi connectivity index (χ1v) is 9.78. The first-order chi connectivity index (χ1) is 14.2. The van der Waals surface area contributed by atoms with Gasteiger partial charge in [0.05, 0.1) is 12.6 Å². The van der Waals surface area contributed by atoms with Crippen molar-refractivity contribution >= 4 is 17.8 Å². The molecule has 1 aromatic rings. The maximum atomic E-state index is 12.8. The molecule has 4 N–H and O–H groups in total. The number of carboxylic acids is 1. The van der Waals surface area contributed by atoms with Gasteiger partial charge < -0.3 is 20.8 Å². The molecule has 1 rings (SSSR count). The second-order valence-electron chi connectivity index (χ2n) is 7.44. The Bertz CT molecular complexity index is 749. The molecule has 0 aliphatic heterocycles. The topological polar surface area (TPSA) is 164 Å². The number of nitrogens with zero attached hydrogens (tertiary/aromatic N) is 3. The highest BCUT2D eigenvalue weighted by Crippen LogP contribution is 2.08. The van der Waals surface area contributed by atoms with E-state index in [1.165, 1.54) is 0 Å². The fourth-order valence-electron chi connectivity index (χ4n) is 2.81. The normalized spacial score (nSPS) is 13.6. The third kappa shape index (κ3) is 9.90. The molecule has 0 aromatic heterocycles. The SMILES string of the molecule is CC(C)C[C@H](NC(=O)[C@H](Cc1ccccc1)NC(=O)CC[C@@H](O)CN=[N+]=[N-])C(=O)O. The van der Waals surface area contributed by atoms with Gasteiger partial charge in [0.25, 0.3) is 0 Å². The Morgan fingerprint density at radius 2 is 1.80 bits per heavy atom. The van der Waals surface area contributed by atoms with Crippen molar-refractivity contribution in [3.63, 3.8) is 0 Å². The predicted octanol–water partition coefficient (Wildman–Crippen LogP) is 1.78. The highest BCUT2D eigenvalue weighted by atomic mass is 16.4. The molecule has 0 aliphatic carbocycles. The van der Waals surface area contributed by atoms with Crippen LogP contribution < -0.4 is 10.6 Å². The quantitative estimate of drug-likeness (QED) is 0.217. The minimum absolute atomic E-state index is 0.0612. The summed E-state index contributed by atoms with van der Waals surface area (Å²) in [6, 6.07) is 7.01. The highest BCUT2D eigenvalue weighted by molar-refractivity contribution is 5.90. The van der Waals surface area contributed by atoms with Crippen LogP contribution in [0.25, 0.3) is 10.4 Å². The number of hydrogen-bond donors (Lipinski definition) is 4. The Labute approximate surface area is 175 Å². The van der Waals surface area contributed by atoms with E-state index in [2.05, 4.69) is 20.7 Å². The molecule has 0 fully saturated rings. The summed E-state index contributed by atoms with van der Waals surface area (Å²) in [7, 11) is 0. The van der Waals surface area contributed by atoms with E-state index in [0.717, 1.165) is 5.56 Å². The summed E-state index contributed by atoms with van der Waals surface area (Å²) in [4.78, 5) is 39.1. The lowest BCUT2D eigenvalue weighted by Crippen LogP contribution is -2.52. The lowest BCUT2D eigenvalue weighted by molar-refractivity contribution is -0.142. The van der Waals surface area contributed by atoms with Crippen LogP contribution in [0.5, 0.6) is 0 Å². The van der Waals surface area contributed by atoms with Crippen LogP contribution in [0.1, 0.15) is 38.7 Å². The van der Waals surface area contributed by atoms with E-state index in [4.69, 9.17) is 5.53 Å². The molecule has 1 aromatic carbocycles. The molecule has 10 nitrogen and oxygen atoms in total. The second kappa shape index (κ2) is 13.2. The van der Waals surface area contributed by atoms with Crippen molar-refractivity contribution in [3.8, 4) is 0 Å². The van der Waals surface area contributed by atoms with Gasteiger partial charge in [-0.25, -0.2) is 4.79 Å².